The molecule has 3 heterocycles. The van der Waals surface area contributed by atoms with Crippen molar-refractivity contribution < 1.29 is 53.1 Å². The minimum atomic E-state index is -2.40. The lowest BCUT2D eigenvalue weighted by Gasteiger charge is -2.42. The standard InChI is InChI=1S/C50H77NO11/c1-31-16-11-10-12-17-32(2)45(60-9)28-40-22-21-37(7)50(58,62-40)47(55)48(56)51-23-14-13-20-41(51)49(57)61-46(36(6)26-38-18-15-19-39(27-38)59-8)30-44(54)35(5)25-34(4)43(53)29-42(52)33(3)24-31/h10-12,16-17,25,31,33-34,36-41,43,45-46,53,58H,13-15,18-24,26-30H2,1-9H3/b12-10?,16-11?,32-17?,35-25+. The van der Waals surface area contributed by atoms with Gasteiger partial charge in [-0.05, 0) is 101 Å². The molecule has 2 saturated heterocycles. The van der Waals surface area contributed by atoms with Crippen LogP contribution in [0, 0.1) is 35.5 Å². The molecule has 0 aromatic carbocycles. The van der Waals surface area contributed by atoms with Crippen molar-refractivity contribution in [3.63, 3.8) is 0 Å². The predicted molar refractivity (Wildman–Crippen MR) is 238 cm³/mol. The van der Waals surface area contributed by atoms with E-state index < -0.39 is 59.6 Å². The number of Topliss-reactive ketones (excluding diaryl/α,β-unsaturated/α-hetero) is 3. The van der Waals surface area contributed by atoms with Crippen LogP contribution >= 0.6 is 0 Å². The average molecular weight is 868 g/mol. The van der Waals surface area contributed by atoms with Gasteiger partial charge in [0.05, 0.1) is 24.4 Å². The minimum absolute atomic E-state index is 0.0379. The van der Waals surface area contributed by atoms with E-state index in [4.69, 9.17) is 18.9 Å². The molecule has 2 bridgehead atoms. The molecule has 3 aliphatic heterocycles. The van der Waals surface area contributed by atoms with Crippen LogP contribution in [0.3, 0.4) is 0 Å². The summed E-state index contributed by atoms with van der Waals surface area (Å²) in [6.07, 6.45) is 16.5. The summed E-state index contributed by atoms with van der Waals surface area (Å²) >= 11 is 0. The normalized spacial score (nSPS) is 37.5. The molecule has 1 aliphatic carbocycles. The summed E-state index contributed by atoms with van der Waals surface area (Å²) in [5.41, 5.74) is 1.30. The maximum atomic E-state index is 14.3. The van der Waals surface area contributed by atoms with Gasteiger partial charge in [0.15, 0.2) is 5.78 Å². The second-order valence-corrected chi connectivity index (χ2v) is 19.2. The zero-order valence-corrected chi connectivity index (χ0v) is 39.0. The predicted octanol–water partition coefficient (Wildman–Crippen LogP) is 7.58. The number of methoxy groups -OCH3 is 2. The molecule has 1 saturated carbocycles. The van der Waals surface area contributed by atoms with Crippen molar-refractivity contribution in [2.75, 3.05) is 20.8 Å². The van der Waals surface area contributed by atoms with Crippen molar-refractivity contribution in [3.05, 3.63) is 47.6 Å². The molecule has 12 nitrogen and oxygen atoms in total. The minimum Gasteiger partial charge on any atom is -0.460 e. The number of allylic oxidation sites excluding steroid dienone is 6. The highest BCUT2D eigenvalue weighted by molar-refractivity contribution is 6.39. The number of hydrogen-bond acceptors (Lipinski definition) is 11. The van der Waals surface area contributed by atoms with Gasteiger partial charge in [0.2, 0.25) is 5.79 Å². The molecule has 0 radical (unpaired) electrons. The van der Waals surface area contributed by atoms with Crippen LogP contribution in [0.25, 0.3) is 0 Å². The summed E-state index contributed by atoms with van der Waals surface area (Å²) in [5, 5.41) is 23.0. The number of ether oxygens (including phenoxy) is 4. The topological polar surface area (TPSA) is 166 Å². The van der Waals surface area contributed by atoms with Gasteiger partial charge >= 0.3 is 5.97 Å². The molecule has 12 heteroatoms. The molecule has 4 rings (SSSR count). The average Bonchev–Trinajstić information content (AvgIpc) is 3.25. The number of carbonyl (C=O) groups is 5. The molecular weight excluding hydrogens is 791 g/mol. The van der Waals surface area contributed by atoms with E-state index in [-0.39, 0.29) is 67.3 Å². The van der Waals surface area contributed by atoms with E-state index >= 15 is 0 Å². The van der Waals surface area contributed by atoms with E-state index in [0.717, 1.165) is 31.3 Å². The van der Waals surface area contributed by atoms with Crippen LogP contribution in [0.1, 0.15) is 138 Å². The number of rotatable bonds is 5. The van der Waals surface area contributed by atoms with Gasteiger partial charge in [-0.2, -0.15) is 0 Å². The van der Waals surface area contributed by atoms with Crippen LogP contribution in [0.4, 0.5) is 0 Å². The van der Waals surface area contributed by atoms with Crippen LogP contribution in [-0.2, 0) is 42.9 Å². The summed E-state index contributed by atoms with van der Waals surface area (Å²) < 4.78 is 23.9. The first kappa shape index (κ1) is 51.3. The molecule has 4 aliphatic rings. The molecule has 2 N–H and O–H groups in total. The number of piperidine rings is 1. The van der Waals surface area contributed by atoms with Gasteiger partial charge in [-0.25, -0.2) is 4.79 Å². The second-order valence-electron chi connectivity index (χ2n) is 19.2. The quantitative estimate of drug-likeness (QED) is 0.207. The Hall–Kier alpha value is -3.29. The molecule has 0 aromatic heterocycles. The number of nitrogens with zero attached hydrogens (tertiary/aromatic N) is 1. The molecule has 0 aromatic rings. The van der Waals surface area contributed by atoms with Gasteiger partial charge in [-0.15, -0.1) is 0 Å². The van der Waals surface area contributed by atoms with Crippen molar-refractivity contribution >= 4 is 29.2 Å². The number of hydrogen-bond donors (Lipinski definition) is 2. The lowest BCUT2D eigenvalue weighted by molar-refractivity contribution is -0.265. The van der Waals surface area contributed by atoms with Gasteiger partial charge in [-0.1, -0.05) is 83.9 Å². The third-order valence-corrected chi connectivity index (χ3v) is 14.1. The summed E-state index contributed by atoms with van der Waals surface area (Å²) in [6, 6.07) is -1.09. The number of cyclic esters (lactones) is 1. The fourth-order valence-corrected chi connectivity index (χ4v) is 9.78. The first-order valence-electron chi connectivity index (χ1n) is 23.3. The molecule has 348 valence electrons. The van der Waals surface area contributed by atoms with Gasteiger partial charge in [0.1, 0.15) is 17.9 Å². The number of aliphatic hydroxyl groups excluding tert-OH is 1. The highest BCUT2D eigenvalue weighted by Gasteiger charge is 2.53. The summed E-state index contributed by atoms with van der Waals surface area (Å²) in [5.74, 6) is -6.76. The maximum absolute atomic E-state index is 14.3. The summed E-state index contributed by atoms with van der Waals surface area (Å²) in [6.45, 7) is 13.1. The number of amides is 1. The molecule has 13 atom stereocenters. The van der Waals surface area contributed by atoms with Crippen molar-refractivity contribution in [3.8, 4) is 0 Å². The fraction of sp³-hybridized carbons (Fsp3) is 0.740. The molecule has 62 heavy (non-hydrogen) atoms. The molecule has 0 spiro atoms. The third-order valence-electron chi connectivity index (χ3n) is 14.1. The zero-order valence-electron chi connectivity index (χ0n) is 39.0. The number of esters is 1. The lowest BCUT2D eigenvalue weighted by Crippen LogP contribution is -2.61. The van der Waals surface area contributed by atoms with Gasteiger partial charge in [0, 0.05) is 57.8 Å². The van der Waals surface area contributed by atoms with Crippen LogP contribution in [0.15, 0.2) is 47.6 Å². The third kappa shape index (κ3) is 14.1. The first-order valence-corrected chi connectivity index (χ1v) is 23.3. The maximum Gasteiger partial charge on any atom is 0.329 e. The van der Waals surface area contributed by atoms with Crippen molar-refractivity contribution in [2.24, 2.45) is 35.5 Å². The number of ketones is 3. The van der Waals surface area contributed by atoms with E-state index in [1.807, 2.05) is 58.1 Å². The van der Waals surface area contributed by atoms with Crippen molar-refractivity contribution in [1.29, 1.82) is 0 Å². The Morgan fingerprint density at radius 1 is 0.871 bits per heavy atom. The van der Waals surface area contributed by atoms with E-state index in [0.29, 0.717) is 56.4 Å². The Bertz CT molecular complexity index is 1670. The zero-order chi connectivity index (χ0) is 45.7. The van der Waals surface area contributed by atoms with Crippen molar-refractivity contribution in [1.82, 2.24) is 4.90 Å². The van der Waals surface area contributed by atoms with E-state index in [1.54, 1.807) is 41.1 Å². The Morgan fingerprint density at radius 3 is 2.32 bits per heavy atom. The number of carbonyl (C=O) groups excluding carboxylic acids is 5. The monoisotopic (exact) mass is 868 g/mol. The van der Waals surface area contributed by atoms with Gasteiger partial charge in [0.25, 0.3) is 11.7 Å². The Kier molecular flexibility index (Phi) is 20.0. The van der Waals surface area contributed by atoms with Crippen LogP contribution in [0.5, 0.6) is 0 Å². The van der Waals surface area contributed by atoms with Crippen LogP contribution in [0.2, 0.25) is 0 Å². The highest BCUT2D eigenvalue weighted by atomic mass is 16.6. The summed E-state index contributed by atoms with van der Waals surface area (Å²) in [7, 11) is 3.31. The Balaban J connectivity index is 1.67. The molecule has 13 unspecified atom stereocenters. The van der Waals surface area contributed by atoms with Gasteiger partial charge < -0.3 is 34.1 Å². The largest absolute Gasteiger partial charge is 0.460 e. The molecular formula is C50H77NO11. The second kappa shape index (κ2) is 24.1. The van der Waals surface area contributed by atoms with Crippen molar-refractivity contribution in [2.45, 2.75) is 181 Å². The van der Waals surface area contributed by atoms with Crippen LogP contribution in [-0.4, -0.2) is 107 Å². The SMILES string of the molecule is COC1CCCC(CC(C)C2CC(=O)/C(C)=C/C(C)C(O)CC(=O)C(C)CC(C)C=CC=CC=C(C)C(OC)CC3CCC(C)C(O)(O3)C(=O)C(=O)N3CCCCC3C(=O)O2)C1. The highest BCUT2D eigenvalue weighted by Crippen LogP contribution is 2.37. The lowest BCUT2D eigenvalue weighted by atomic mass is 9.79. The van der Waals surface area contributed by atoms with Gasteiger partial charge in [-0.3, -0.25) is 19.2 Å². The number of aliphatic hydroxyl groups is 2. The fourth-order valence-electron chi connectivity index (χ4n) is 9.78. The molecule has 1 amide bonds. The number of fused-ring (bicyclic) bond motifs is 3. The van der Waals surface area contributed by atoms with E-state index in [1.165, 1.54) is 4.90 Å². The Labute approximate surface area is 370 Å². The van der Waals surface area contributed by atoms with E-state index in [9.17, 15) is 34.2 Å². The van der Waals surface area contributed by atoms with E-state index in [2.05, 4.69) is 0 Å². The summed E-state index contributed by atoms with van der Waals surface area (Å²) in [4.78, 5) is 71.1. The van der Waals surface area contributed by atoms with Crippen LogP contribution < -0.4 is 0 Å². The smallest absolute Gasteiger partial charge is 0.329 e. The first-order chi connectivity index (χ1) is 29.4. The Morgan fingerprint density at radius 2 is 1.61 bits per heavy atom. The molecule has 3 fully saturated rings.